The molecule has 0 amide bonds. The first-order valence-corrected chi connectivity index (χ1v) is 8.25. The molecule has 1 unspecified atom stereocenters. The summed E-state index contributed by atoms with van der Waals surface area (Å²) in [5.41, 5.74) is 2.03. The van der Waals surface area contributed by atoms with Gasteiger partial charge in [0.05, 0.1) is 17.1 Å². The van der Waals surface area contributed by atoms with Gasteiger partial charge in [0.2, 0.25) is 15.9 Å². The normalized spacial score (nSPS) is 15.5. The summed E-state index contributed by atoms with van der Waals surface area (Å²) >= 11 is 0. The van der Waals surface area contributed by atoms with E-state index >= 15 is 0 Å². The van der Waals surface area contributed by atoms with Gasteiger partial charge in [-0.1, -0.05) is 6.07 Å². The van der Waals surface area contributed by atoms with Crippen LogP contribution in [0.5, 0.6) is 0 Å². The maximum Gasteiger partial charge on any atom is 0.241 e. The van der Waals surface area contributed by atoms with Gasteiger partial charge in [-0.3, -0.25) is 0 Å². The molecule has 0 saturated heterocycles. The molecule has 21 heavy (non-hydrogen) atoms. The third-order valence-electron chi connectivity index (χ3n) is 3.44. The minimum Gasteiger partial charge on any atom is -0.444 e. The fourth-order valence-corrected chi connectivity index (χ4v) is 3.58. The van der Waals surface area contributed by atoms with Gasteiger partial charge in [-0.05, 0) is 38.0 Å². The Kier molecular flexibility index (Phi) is 3.46. The number of nitrogens with one attached hydrogen (secondary N) is 2. The Morgan fingerprint density at radius 2 is 2.24 bits per heavy atom. The predicted octanol–water partition coefficient (Wildman–Crippen LogP) is 1.99. The summed E-state index contributed by atoms with van der Waals surface area (Å²) < 4.78 is 32.8. The predicted molar refractivity (Wildman–Crippen MR) is 78.6 cm³/mol. The summed E-state index contributed by atoms with van der Waals surface area (Å²) in [5, 5.41) is 3.18. The lowest BCUT2D eigenvalue weighted by atomic mass is 10.2. The van der Waals surface area contributed by atoms with E-state index in [9.17, 15) is 8.42 Å². The molecular weight excluding hydrogens is 290 g/mol. The molecule has 0 fully saturated rings. The molecule has 1 aromatic heterocycles. The average Bonchev–Trinajstić information content (AvgIpc) is 3.05. The van der Waals surface area contributed by atoms with Crippen LogP contribution in [0.2, 0.25) is 0 Å². The molecule has 112 valence electrons. The highest BCUT2D eigenvalue weighted by atomic mass is 32.2. The van der Waals surface area contributed by atoms with E-state index in [1.165, 1.54) is 0 Å². The first kappa shape index (κ1) is 14.1. The number of fused-ring (bicyclic) bond motifs is 1. The Hall–Kier alpha value is -1.86. The second-order valence-electron chi connectivity index (χ2n) is 5.15. The summed E-state index contributed by atoms with van der Waals surface area (Å²) in [6.45, 7) is 4.32. The van der Waals surface area contributed by atoms with E-state index in [0.29, 0.717) is 11.7 Å². The summed E-state index contributed by atoms with van der Waals surface area (Å²) in [6.07, 6.45) is 2.49. The van der Waals surface area contributed by atoms with Gasteiger partial charge in [-0.15, -0.1) is 0 Å². The molecule has 0 radical (unpaired) electrons. The van der Waals surface area contributed by atoms with E-state index in [2.05, 4.69) is 15.0 Å². The van der Waals surface area contributed by atoms with Crippen LogP contribution >= 0.6 is 0 Å². The van der Waals surface area contributed by atoms with E-state index < -0.39 is 16.1 Å². The highest BCUT2D eigenvalue weighted by Crippen LogP contribution is 2.26. The van der Waals surface area contributed by atoms with Crippen LogP contribution in [0, 0.1) is 6.92 Å². The molecule has 0 bridgehead atoms. The first-order valence-electron chi connectivity index (χ1n) is 6.77. The molecule has 1 aliphatic rings. The molecule has 1 aliphatic heterocycles. The SMILES string of the molecule is Cc1cnc(C(C)NS(=O)(=O)c2ccc3c(c2)NCC3)o1. The van der Waals surface area contributed by atoms with Gasteiger partial charge in [-0.2, -0.15) is 4.72 Å². The zero-order chi connectivity index (χ0) is 15.0. The molecule has 0 aliphatic carbocycles. The lowest BCUT2D eigenvalue weighted by molar-refractivity contribution is 0.428. The Balaban J connectivity index is 1.83. The van der Waals surface area contributed by atoms with Crippen molar-refractivity contribution in [1.82, 2.24) is 9.71 Å². The Morgan fingerprint density at radius 1 is 1.43 bits per heavy atom. The molecule has 2 heterocycles. The monoisotopic (exact) mass is 307 g/mol. The first-order chi connectivity index (χ1) is 9.95. The van der Waals surface area contributed by atoms with E-state index in [1.54, 1.807) is 32.2 Å². The third-order valence-corrected chi connectivity index (χ3v) is 4.98. The number of aromatic nitrogens is 1. The van der Waals surface area contributed by atoms with E-state index in [4.69, 9.17) is 4.42 Å². The lowest BCUT2D eigenvalue weighted by Crippen LogP contribution is -2.27. The standard InChI is InChI=1S/C14H17N3O3S/c1-9-8-16-14(20-9)10(2)17-21(18,19)12-4-3-11-5-6-15-13(11)7-12/h3-4,7-8,10,15,17H,5-6H2,1-2H3. The lowest BCUT2D eigenvalue weighted by Gasteiger charge is -2.12. The third kappa shape index (κ3) is 2.79. The molecule has 2 N–H and O–H groups in total. The van der Waals surface area contributed by atoms with Crippen LogP contribution < -0.4 is 10.0 Å². The summed E-state index contributed by atoms with van der Waals surface area (Å²) in [6, 6.07) is 4.62. The summed E-state index contributed by atoms with van der Waals surface area (Å²) in [7, 11) is -3.61. The van der Waals surface area contributed by atoms with Gasteiger partial charge in [0.1, 0.15) is 5.76 Å². The molecule has 2 aromatic rings. The van der Waals surface area contributed by atoms with Crippen LogP contribution in [0.25, 0.3) is 0 Å². The Labute approximate surface area is 123 Å². The highest BCUT2D eigenvalue weighted by Gasteiger charge is 2.23. The molecule has 3 rings (SSSR count). The van der Waals surface area contributed by atoms with Gasteiger partial charge in [-0.25, -0.2) is 13.4 Å². The van der Waals surface area contributed by atoms with Crippen LogP contribution in [0.4, 0.5) is 5.69 Å². The van der Waals surface area contributed by atoms with Crippen molar-refractivity contribution in [3.8, 4) is 0 Å². The zero-order valence-corrected chi connectivity index (χ0v) is 12.7. The minimum absolute atomic E-state index is 0.241. The number of rotatable bonds is 4. The molecular formula is C14H17N3O3S. The van der Waals surface area contributed by atoms with Crippen molar-refractivity contribution in [2.45, 2.75) is 31.2 Å². The minimum atomic E-state index is -3.61. The molecule has 0 spiro atoms. The fourth-order valence-electron chi connectivity index (χ4n) is 2.36. The molecule has 6 nitrogen and oxygen atoms in total. The van der Waals surface area contributed by atoms with Gasteiger partial charge in [0, 0.05) is 12.2 Å². The van der Waals surface area contributed by atoms with Crippen LogP contribution in [0.3, 0.4) is 0 Å². The number of nitrogens with zero attached hydrogens (tertiary/aromatic N) is 1. The summed E-state index contributed by atoms with van der Waals surface area (Å²) in [4.78, 5) is 4.29. The Bertz CT molecular complexity index is 768. The topological polar surface area (TPSA) is 84.2 Å². The number of hydrogen-bond donors (Lipinski definition) is 2. The van der Waals surface area contributed by atoms with Crippen molar-refractivity contribution in [3.63, 3.8) is 0 Å². The van der Waals surface area contributed by atoms with Crippen molar-refractivity contribution in [3.05, 3.63) is 41.6 Å². The van der Waals surface area contributed by atoms with Crippen molar-refractivity contribution in [2.24, 2.45) is 0 Å². The molecule has 1 aromatic carbocycles. The van der Waals surface area contributed by atoms with Crippen LogP contribution in [0.15, 0.2) is 33.7 Å². The zero-order valence-electron chi connectivity index (χ0n) is 11.9. The van der Waals surface area contributed by atoms with Gasteiger partial charge in [0.25, 0.3) is 0 Å². The van der Waals surface area contributed by atoms with E-state index in [-0.39, 0.29) is 4.90 Å². The largest absolute Gasteiger partial charge is 0.444 e. The Morgan fingerprint density at radius 3 is 2.95 bits per heavy atom. The fraction of sp³-hybridized carbons (Fsp3) is 0.357. The molecule has 7 heteroatoms. The quantitative estimate of drug-likeness (QED) is 0.902. The van der Waals surface area contributed by atoms with Crippen molar-refractivity contribution in [2.75, 3.05) is 11.9 Å². The molecule has 0 saturated carbocycles. The second kappa shape index (κ2) is 5.16. The summed E-state index contributed by atoms with van der Waals surface area (Å²) in [5.74, 6) is 1.01. The van der Waals surface area contributed by atoms with E-state index in [0.717, 1.165) is 24.2 Å². The van der Waals surface area contributed by atoms with Crippen molar-refractivity contribution < 1.29 is 12.8 Å². The smallest absolute Gasteiger partial charge is 0.241 e. The number of oxazole rings is 1. The number of hydrogen-bond acceptors (Lipinski definition) is 5. The second-order valence-corrected chi connectivity index (χ2v) is 6.86. The maximum absolute atomic E-state index is 12.4. The molecule has 1 atom stereocenters. The van der Waals surface area contributed by atoms with Crippen LogP contribution in [0.1, 0.15) is 30.2 Å². The highest BCUT2D eigenvalue weighted by molar-refractivity contribution is 7.89. The van der Waals surface area contributed by atoms with Crippen LogP contribution in [-0.2, 0) is 16.4 Å². The van der Waals surface area contributed by atoms with Gasteiger partial charge >= 0.3 is 0 Å². The van der Waals surface area contributed by atoms with Gasteiger partial charge in [0.15, 0.2) is 0 Å². The number of benzene rings is 1. The number of aryl methyl sites for hydroxylation is 1. The maximum atomic E-state index is 12.4. The average molecular weight is 307 g/mol. The number of anilines is 1. The van der Waals surface area contributed by atoms with Crippen LogP contribution in [-0.4, -0.2) is 19.9 Å². The number of sulfonamides is 1. The van der Waals surface area contributed by atoms with Crippen molar-refractivity contribution in [1.29, 1.82) is 0 Å². The van der Waals surface area contributed by atoms with Crippen molar-refractivity contribution >= 4 is 15.7 Å². The van der Waals surface area contributed by atoms with E-state index in [1.807, 2.05) is 6.07 Å². The van der Waals surface area contributed by atoms with Gasteiger partial charge < -0.3 is 9.73 Å².